The van der Waals surface area contributed by atoms with Gasteiger partial charge in [-0.15, -0.1) is 13.2 Å². The van der Waals surface area contributed by atoms with Crippen molar-refractivity contribution in [3.63, 3.8) is 0 Å². The Balaban J connectivity index is 0. The summed E-state index contributed by atoms with van der Waals surface area (Å²) in [4.78, 5) is 10.3. The molecule has 0 radical (unpaired) electrons. The summed E-state index contributed by atoms with van der Waals surface area (Å²) in [6.45, 7) is 13.3. The van der Waals surface area contributed by atoms with Crippen LogP contribution in [0.4, 0.5) is 0 Å². The fraction of sp³-hybridized carbons (Fsp3) is 0.500. The second-order valence-electron chi connectivity index (χ2n) is 2.93. The Labute approximate surface area is 114 Å². The van der Waals surface area contributed by atoms with Crippen LogP contribution in [0.25, 0.3) is 0 Å². The van der Waals surface area contributed by atoms with Gasteiger partial charge < -0.3 is 9.47 Å². The molecule has 6 nitrogen and oxygen atoms in total. The van der Waals surface area contributed by atoms with Crippen LogP contribution in [-0.2, 0) is 24.3 Å². The number of sulfonamides is 1. The number of nitrogens with zero attached hydrogens (tertiary/aromatic N) is 1. The van der Waals surface area contributed by atoms with E-state index in [-0.39, 0.29) is 6.29 Å². The lowest BCUT2D eigenvalue weighted by Crippen LogP contribution is -2.11. The van der Waals surface area contributed by atoms with Crippen molar-refractivity contribution in [2.45, 2.75) is 27.1 Å². The molecule has 7 heteroatoms. The molecule has 1 rings (SSSR count). The summed E-state index contributed by atoms with van der Waals surface area (Å²) in [5.41, 5.74) is 0. The van der Waals surface area contributed by atoms with E-state index < -0.39 is 15.8 Å². The number of ether oxygens (including phenoxy) is 2. The van der Waals surface area contributed by atoms with Crippen LogP contribution in [0.2, 0.25) is 0 Å². The van der Waals surface area contributed by atoms with Gasteiger partial charge in [0.05, 0.1) is 11.6 Å². The van der Waals surface area contributed by atoms with Gasteiger partial charge in [0.25, 0.3) is 10.0 Å². The van der Waals surface area contributed by atoms with Gasteiger partial charge in [0.2, 0.25) is 0 Å². The summed E-state index contributed by atoms with van der Waals surface area (Å²) >= 11 is 0. The molecule has 0 bridgehead atoms. The zero-order valence-corrected chi connectivity index (χ0v) is 12.4. The summed E-state index contributed by atoms with van der Waals surface area (Å²) in [6.07, 6.45) is 1.70. The first-order valence-corrected chi connectivity index (χ1v) is 7.17. The first-order chi connectivity index (χ1) is 8.91. The highest BCUT2D eigenvalue weighted by Crippen LogP contribution is 1.97. The summed E-state index contributed by atoms with van der Waals surface area (Å²) in [7, 11) is -3.45. The van der Waals surface area contributed by atoms with Gasteiger partial charge in [-0.05, 0) is 20.8 Å². The van der Waals surface area contributed by atoms with E-state index in [1.165, 1.54) is 0 Å². The number of allylic oxidation sites excluding steroid dienone is 1. The zero-order valence-electron chi connectivity index (χ0n) is 11.5. The molecule has 110 valence electrons. The Morgan fingerprint density at radius 1 is 1.26 bits per heavy atom. The van der Waals surface area contributed by atoms with Crippen LogP contribution in [0.15, 0.2) is 29.0 Å². The normalized spacial score (nSPS) is 15.3. The number of carbonyl (C=O) groups excluding carboxylic acids is 1. The minimum Gasteiger partial charge on any atom is -0.353 e. The highest BCUT2D eigenvalue weighted by molar-refractivity contribution is 7.93. The summed E-state index contributed by atoms with van der Waals surface area (Å²) in [6, 6.07) is 0. The van der Waals surface area contributed by atoms with Crippen molar-refractivity contribution >= 4 is 22.0 Å². The third kappa shape index (κ3) is 12.9. The highest BCUT2D eigenvalue weighted by atomic mass is 32.2. The van der Waals surface area contributed by atoms with Crippen LogP contribution in [0.5, 0.6) is 0 Å². The number of ketones is 1. The van der Waals surface area contributed by atoms with Crippen LogP contribution >= 0.6 is 0 Å². The maximum atomic E-state index is 10.4. The molecule has 0 saturated carbocycles. The minimum atomic E-state index is -3.45. The van der Waals surface area contributed by atoms with Crippen molar-refractivity contribution in [3.05, 3.63) is 24.6 Å². The first-order valence-electron chi connectivity index (χ1n) is 5.66. The summed E-state index contributed by atoms with van der Waals surface area (Å²) in [5, 5.41) is 0.773. The zero-order chi connectivity index (χ0) is 15.3. The lowest BCUT2D eigenvalue weighted by molar-refractivity contribution is -0.123. The third-order valence-electron chi connectivity index (χ3n) is 1.53. The molecule has 1 aliphatic rings. The molecule has 0 aromatic carbocycles. The van der Waals surface area contributed by atoms with Gasteiger partial charge in [0.1, 0.15) is 0 Å². The smallest absolute Gasteiger partial charge is 0.275 e. The van der Waals surface area contributed by atoms with E-state index in [1.54, 1.807) is 0 Å². The van der Waals surface area contributed by atoms with Crippen LogP contribution in [0.3, 0.4) is 0 Å². The predicted molar refractivity (Wildman–Crippen MR) is 75.5 cm³/mol. The van der Waals surface area contributed by atoms with Crippen molar-refractivity contribution in [1.82, 2.24) is 0 Å². The second kappa shape index (κ2) is 11.8. The largest absolute Gasteiger partial charge is 0.353 e. The number of hydrogen-bond acceptors (Lipinski definition) is 5. The van der Waals surface area contributed by atoms with Gasteiger partial charge >= 0.3 is 0 Å². The van der Waals surface area contributed by atoms with E-state index in [1.807, 2.05) is 20.8 Å². The van der Waals surface area contributed by atoms with Crippen molar-refractivity contribution in [3.8, 4) is 0 Å². The highest BCUT2D eigenvalue weighted by Gasteiger charge is 2.07. The van der Waals surface area contributed by atoms with Crippen LogP contribution in [0.1, 0.15) is 20.8 Å². The van der Waals surface area contributed by atoms with Gasteiger partial charge in [-0.25, -0.2) is 0 Å². The topological polar surface area (TPSA) is 82.0 Å². The maximum Gasteiger partial charge on any atom is 0.275 e. The number of carbonyl (C=O) groups is 1. The molecule has 0 N–H and O–H groups in total. The standard InChI is InChI=1S/C6H14O2.C4H3NO3S.C2H4/c1-4-7-6(3)8-5-2;6-4-1-2-9(7,8)5-3-4;1-2/h6H,4-5H2,1-3H3;1-3H;1-2H2. The number of hydrogen-bond donors (Lipinski definition) is 0. The lowest BCUT2D eigenvalue weighted by Gasteiger charge is -2.09. The van der Waals surface area contributed by atoms with E-state index >= 15 is 0 Å². The monoisotopic (exact) mass is 291 g/mol. The Hall–Kier alpha value is -1.31. The minimum absolute atomic E-state index is 0.0370. The van der Waals surface area contributed by atoms with Crippen molar-refractivity contribution < 1.29 is 22.7 Å². The molecule has 0 saturated heterocycles. The van der Waals surface area contributed by atoms with E-state index in [0.29, 0.717) is 0 Å². The predicted octanol–water partition coefficient (Wildman–Crippen LogP) is 1.69. The summed E-state index contributed by atoms with van der Waals surface area (Å²) in [5.74, 6) is -0.398. The first kappa shape index (κ1) is 20.0. The molecule has 0 aliphatic carbocycles. The van der Waals surface area contributed by atoms with E-state index in [9.17, 15) is 13.2 Å². The van der Waals surface area contributed by atoms with Crippen LogP contribution < -0.4 is 0 Å². The van der Waals surface area contributed by atoms with Crippen molar-refractivity contribution in [1.29, 1.82) is 0 Å². The molecule has 0 unspecified atom stereocenters. The molecule has 0 amide bonds. The Bertz CT molecular complexity index is 372. The van der Waals surface area contributed by atoms with Crippen LogP contribution in [-0.4, -0.2) is 39.9 Å². The number of rotatable bonds is 4. The van der Waals surface area contributed by atoms with Gasteiger partial charge in [-0.2, -0.15) is 12.8 Å². The van der Waals surface area contributed by atoms with Gasteiger partial charge in [-0.3, -0.25) is 4.79 Å². The molecular formula is C12H21NO5S. The molecular weight excluding hydrogens is 270 g/mol. The van der Waals surface area contributed by atoms with E-state index in [4.69, 9.17) is 9.47 Å². The van der Waals surface area contributed by atoms with Gasteiger partial charge in [0, 0.05) is 19.3 Å². The SMILES string of the molecule is C=C.CCOC(C)OCC.O=C1C=CS(=O)(=O)N=C1. The second-order valence-corrected chi connectivity index (χ2v) is 4.45. The molecule has 0 aromatic rings. The Morgan fingerprint density at radius 3 is 2.00 bits per heavy atom. The molecule has 19 heavy (non-hydrogen) atoms. The van der Waals surface area contributed by atoms with Gasteiger partial charge in [-0.1, -0.05) is 0 Å². The summed E-state index contributed by atoms with van der Waals surface area (Å²) < 4.78 is 33.8. The third-order valence-corrected chi connectivity index (χ3v) is 2.41. The average molecular weight is 291 g/mol. The molecule has 0 spiro atoms. The lowest BCUT2D eigenvalue weighted by atomic mass is 10.4. The molecule has 1 aliphatic heterocycles. The Morgan fingerprint density at radius 2 is 1.74 bits per heavy atom. The van der Waals surface area contributed by atoms with Gasteiger partial charge in [0.15, 0.2) is 12.1 Å². The van der Waals surface area contributed by atoms with Crippen LogP contribution in [0, 0.1) is 0 Å². The maximum absolute atomic E-state index is 10.4. The quantitative estimate of drug-likeness (QED) is 0.581. The van der Waals surface area contributed by atoms with Crippen molar-refractivity contribution in [2.75, 3.05) is 13.2 Å². The van der Waals surface area contributed by atoms with E-state index in [0.717, 1.165) is 30.9 Å². The molecule has 0 fully saturated rings. The molecule has 0 aromatic heterocycles. The molecule has 0 atom stereocenters. The Kier molecular flexibility index (Phi) is 12.4. The van der Waals surface area contributed by atoms with Crippen molar-refractivity contribution in [2.24, 2.45) is 4.40 Å². The average Bonchev–Trinajstić information content (AvgIpc) is 2.37. The fourth-order valence-corrected chi connectivity index (χ4v) is 1.50. The fourth-order valence-electron chi connectivity index (χ4n) is 0.874. The molecule has 1 heterocycles. The van der Waals surface area contributed by atoms with E-state index in [2.05, 4.69) is 17.6 Å².